The van der Waals surface area contributed by atoms with Crippen molar-refractivity contribution in [3.63, 3.8) is 0 Å². The van der Waals surface area contributed by atoms with Crippen LogP contribution in [0.15, 0.2) is 23.8 Å². The maximum absolute atomic E-state index is 12.4. The number of carbonyl (C=O) groups is 1. The monoisotopic (exact) mass is 384 g/mol. The molecule has 0 radical (unpaired) electrons. The number of amides is 1. The molecule has 0 bridgehead atoms. The zero-order chi connectivity index (χ0) is 19.2. The van der Waals surface area contributed by atoms with Gasteiger partial charge in [0.25, 0.3) is 0 Å². The molecule has 1 aliphatic carbocycles. The Morgan fingerprint density at radius 1 is 1.14 bits per heavy atom. The van der Waals surface area contributed by atoms with Gasteiger partial charge >= 0.3 is 0 Å². The standard InChI is InChI=1S/C20H28N6O2/c27-20(25-12-14-28-15-13-25)9-8-19-23-22-18-7-6-17(24-26(18)19)21-11-10-16-4-2-1-3-5-16/h4,6-7H,1-3,5,8-15H2,(H,21,24). The fourth-order valence-electron chi connectivity index (χ4n) is 3.76. The number of carbonyl (C=O) groups excluding carboxylic acids is 1. The van der Waals surface area contributed by atoms with Crippen molar-refractivity contribution in [1.82, 2.24) is 24.7 Å². The molecule has 150 valence electrons. The Bertz CT molecular complexity index is 840. The largest absolute Gasteiger partial charge is 0.378 e. The van der Waals surface area contributed by atoms with E-state index < -0.39 is 0 Å². The van der Waals surface area contributed by atoms with Gasteiger partial charge < -0.3 is 15.0 Å². The molecule has 1 fully saturated rings. The quantitative estimate of drug-likeness (QED) is 0.737. The summed E-state index contributed by atoms with van der Waals surface area (Å²) in [6.45, 7) is 3.45. The summed E-state index contributed by atoms with van der Waals surface area (Å²) in [5.41, 5.74) is 2.25. The molecule has 8 heteroatoms. The molecule has 1 N–H and O–H groups in total. The van der Waals surface area contributed by atoms with E-state index in [-0.39, 0.29) is 5.91 Å². The number of hydrogen-bond acceptors (Lipinski definition) is 6. The first-order chi connectivity index (χ1) is 13.8. The molecule has 0 saturated carbocycles. The van der Waals surface area contributed by atoms with Crippen molar-refractivity contribution in [2.75, 3.05) is 38.2 Å². The minimum absolute atomic E-state index is 0.134. The molecule has 4 rings (SSSR count). The molecule has 0 aromatic carbocycles. The van der Waals surface area contributed by atoms with Crippen molar-refractivity contribution in [3.05, 3.63) is 29.6 Å². The van der Waals surface area contributed by atoms with Gasteiger partial charge in [-0.2, -0.15) is 4.52 Å². The molecule has 3 heterocycles. The Morgan fingerprint density at radius 2 is 2.04 bits per heavy atom. The molecule has 1 amide bonds. The third kappa shape index (κ3) is 4.67. The van der Waals surface area contributed by atoms with Gasteiger partial charge in [0.1, 0.15) is 5.82 Å². The second-order valence-electron chi connectivity index (χ2n) is 7.38. The van der Waals surface area contributed by atoms with Gasteiger partial charge in [-0.1, -0.05) is 11.6 Å². The summed E-state index contributed by atoms with van der Waals surface area (Å²) in [7, 11) is 0. The number of fused-ring (bicyclic) bond motifs is 1. The number of aryl methyl sites for hydroxylation is 1. The van der Waals surface area contributed by atoms with Crippen LogP contribution in [0.2, 0.25) is 0 Å². The minimum atomic E-state index is 0.134. The van der Waals surface area contributed by atoms with E-state index >= 15 is 0 Å². The van der Waals surface area contributed by atoms with E-state index in [4.69, 9.17) is 4.74 Å². The van der Waals surface area contributed by atoms with Crippen LogP contribution in [0.5, 0.6) is 0 Å². The molecule has 8 nitrogen and oxygen atoms in total. The van der Waals surface area contributed by atoms with Crippen LogP contribution in [0.25, 0.3) is 5.65 Å². The predicted octanol–water partition coefficient (Wildman–Crippen LogP) is 2.22. The van der Waals surface area contributed by atoms with E-state index in [1.807, 2.05) is 17.0 Å². The normalized spacial score (nSPS) is 17.6. The van der Waals surface area contributed by atoms with Crippen LogP contribution < -0.4 is 5.32 Å². The minimum Gasteiger partial charge on any atom is -0.378 e. The Kier molecular flexibility index (Phi) is 6.16. The number of aromatic nitrogens is 4. The molecule has 2 aromatic heterocycles. The van der Waals surface area contributed by atoms with Crippen molar-refractivity contribution < 1.29 is 9.53 Å². The summed E-state index contributed by atoms with van der Waals surface area (Å²) in [6, 6.07) is 3.84. The van der Waals surface area contributed by atoms with Gasteiger partial charge in [-0.05, 0) is 44.2 Å². The van der Waals surface area contributed by atoms with Crippen molar-refractivity contribution in [2.45, 2.75) is 44.9 Å². The number of morpholine rings is 1. The number of allylic oxidation sites excluding steroid dienone is 1. The molecule has 28 heavy (non-hydrogen) atoms. The van der Waals surface area contributed by atoms with Gasteiger partial charge in [0.05, 0.1) is 13.2 Å². The van der Waals surface area contributed by atoms with Crippen LogP contribution >= 0.6 is 0 Å². The van der Waals surface area contributed by atoms with Crippen LogP contribution in [0.3, 0.4) is 0 Å². The van der Waals surface area contributed by atoms with Crippen molar-refractivity contribution in [3.8, 4) is 0 Å². The summed E-state index contributed by atoms with van der Waals surface area (Å²) in [4.78, 5) is 14.2. The average Bonchev–Trinajstić information content (AvgIpc) is 3.16. The lowest BCUT2D eigenvalue weighted by molar-refractivity contribution is -0.135. The molecular weight excluding hydrogens is 356 g/mol. The highest BCUT2D eigenvalue weighted by Gasteiger charge is 2.18. The predicted molar refractivity (Wildman–Crippen MR) is 106 cm³/mol. The lowest BCUT2D eigenvalue weighted by atomic mass is 9.97. The summed E-state index contributed by atoms with van der Waals surface area (Å²) in [6.07, 6.45) is 9.44. The van der Waals surface area contributed by atoms with Crippen molar-refractivity contribution in [2.24, 2.45) is 0 Å². The van der Waals surface area contributed by atoms with Crippen LogP contribution in [0.4, 0.5) is 5.82 Å². The molecule has 2 aromatic rings. The second-order valence-corrected chi connectivity index (χ2v) is 7.38. The number of hydrogen-bond donors (Lipinski definition) is 1. The number of ether oxygens (including phenoxy) is 1. The Balaban J connectivity index is 1.34. The molecule has 2 aliphatic rings. The van der Waals surface area contributed by atoms with E-state index in [2.05, 4.69) is 26.7 Å². The Morgan fingerprint density at radius 3 is 2.86 bits per heavy atom. The number of anilines is 1. The maximum atomic E-state index is 12.4. The third-order valence-corrected chi connectivity index (χ3v) is 5.39. The average molecular weight is 384 g/mol. The van der Waals surface area contributed by atoms with Crippen molar-refractivity contribution >= 4 is 17.4 Å². The second kappa shape index (κ2) is 9.14. The van der Waals surface area contributed by atoms with E-state index in [1.165, 1.54) is 25.7 Å². The first-order valence-corrected chi connectivity index (χ1v) is 10.3. The highest BCUT2D eigenvalue weighted by Crippen LogP contribution is 2.20. The molecule has 0 spiro atoms. The fourth-order valence-corrected chi connectivity index (χ4v) is 3.76. The zero-order valence-corrected chi connectivity index (χ0v) is 16.3. The van der Waals surface area contributed by atoms with Crippen LogP contribution in [-0.2, 0) is 16.0 Å². The smallest absolute Gasteiger partial charge is 0.223 e. The summed E-state index contributed by atoms with van der Waals surface area (Å²) in [5, 5.41) is 16.4. The SMILES string of the molecule is O=C(CCc1nnc2ccc(NCCC3=CCCCC3)nn12)N1CCOCC1. The molecule has 0 atom stereocenters. The lowest BCUT2D eigenvalue weighted by Gasteiger charge is -2.26. The zero-order valence-electron chi connectivity index (χ0n) is 16.3. The maximum Gasteiger partial charge on any atom is 0.223 e. The summed E-state index contributed by atoms with van der Waals surface area (Å²) in [5.74, 6) is 1.66. The Hall–Kier alpha value is -2.48. The number of nitrogens with one attached hydrogen (secondary N) is 1. The first kappa shape index (κ1) is 18.9. The van der Waals surface area contributed by atoms with Gasteiger partial charge in [-0.3, -0.25) is 4.79 Å². The highest BCUT2D eigenvalue weighted by molar-refractivity contribution is 5.76. The topological polar surface area (TPSA) is 84.7 Å². The third-order valence-electron chi connectivity index (χ3n) is 5.39. The molecule has 0 unspecified atom stereocenters. The summed E-state index contributed by atoms with van der Waals surface area (Å²) < 4.78 is 7.05. The van der Waals surface area contributed by atoms with Crippen LogP contribution in [0, 0.1) is 0 Å². The Labute approximate surface area is 165 Å². The van der Waals surface area contributed by atoms with Crippen LogP contribution in [0.1, 0.15) is 44.3 Å². The molecule has 1 saturated heterocycles. The van der Waals surface area contributed by atoms with E-state index in [0.717, 1.165) is 24.6 Å². The van der Waals surface area contributed by atoms with Gasteiger partial charge in [0.15, 0.2) is 11.5 Å². The fraction of sp³-hybridized carbons (Fsp3) is 0.600. The number of rotatable bonds is 7. The van der Waals surface area contributed by atoms with E-state index in [9.17, 15) is 4.79 Å². The van der Waals surface area contributed by atoms with Gasteiger partial charge in [0.2, 0.25) is 5.91 Å². The van der Waals surface area contributed by atoms with Crippen molar-refractivity contribution in [1.29, 1.82) is 0 Å². The first-order valence-electron chi connectivity index (χ1n) is 10.3. The van der Waals surface area contributed by atoms with E-state index in [1.54, 1.807) is 10.1 Å². The molecule has 1 aliphatic heterocycles. The van der Waals surface area contributed by atoms with Gasteiger partial charge in [-0.15, -0.1) is 15.3 Å². The van der Waals surface area contributed by atoms with Gasteiger partial charge in [0, 0.05) is 32.5 Å². The summed E-state index contributed by atoms with van der Waals surface area (Å²) >= 11 is 0. The van der Waals surface area contributed by atoms with E-state index in [0.29, 0.717) is 44.8 Å². The lowest BCUT2D eigenvalue weighted by Crippen LogP contribution is -2.40. The highest BCUT2D eigenvalue weighted by atomic mass is 16.5. The molecular formula is C20H28N6O2. The van der Waals surface area contributed by atoms with Gasteiger partial charge in [-0.25, -0.2) is 0 Å². The van der Waals surface area contributed by atoms with Crippen LogP contribution in [-0.4, -0.2) is 63.5 Å². The number of nitrogens with zero attached hydrogens (tertiary/aromatic N) is 5.